The second-order valence-corrected chi connectivity index (χ2v) is 5.82. The van der Waals surface area contributed by atoms with Crippen LogP contribution in [-0.2, 0) is 10.3 Å². The molecule has 0 aliphatic heterocycles. The van der Waals surface area contributed by atoms with E-state index < -0.39 is 16.9 Å². The fraction of sp³-hybridized carbons (Fsp3) is 0.462. The molecule has 1 aliphatic rings. The Kier molecular flexibility index (Phi) is 3.11. The molecule has 0 spiro atoms. The molecule has 0 radical (unpaired) electrons. The van der Waals surface area contributed by atoms with Gasteiger partial charge in [-0.15, -0.1) is 0 Å². The van der Waals surface area contributed by atoms with E-state index in [1.807, 2.05) is 0 Å². The summed E-state index contributed by atoms with van der Waals surface area (Å²) in [5, 5.41) is 3.18. The van der Waals surface area contributed by atoms with E-state index in [1.165, 1.54) is 6.07 Å². The van der Waals surface area contributed by atoms with Crippen LogP contribution < -0.4 is 11.1 Å². The Balaban J connectivity index is 2.25. The van der Waals surface area contributed by atoms with Crippen LogP contribution in [0.1, 0.15) is 32.3 Å². The van der Waals surface area contributed by atoms with Gasteiger partial charge in [0.1, 0.15) is 5.82 Å². The fourth-order valence-corrected chi connectivity index (χ4v) is 2.00. The number of carbonyl (C=O) groups is 1. The highest BCUT2D eigenvalue weighted by Crippen LogP contribution is 2.47. The van der Waals surface area contributed by atoms with Crippen LogP contribution in [0.25, 0.3) is 0 Å². The predicted molar refractivity (Wildman–Crippen MR) is 68.7 cm³/mol. The summed E-state index contributed by atoms with van der Waals surface area (Å²) >= 11 is 5.72. The Hall–Kier alpha value is -1.13. The molecule has 1 aliphatic carbocycles. The quantitative estimate of drug-likeness (QED) is 0.886. The molecule has 1 aromatic carbocycles. The van der Waals surface area contributed by atoms with Gasteiger partial charge in [-0.05, 0) is 38.8 Å². The van der Waals surface area contributed by atoms with Crippen molar-refractivity contribution in [3.05, 3.63) is 34.6 Å². The van der Waals surface area contributed by atoms with Crippen LogP contribution >= 0.6 is 11.6 Å². The van der Waals surface area contributed by atoms with E-state index in [0.717, 1.165) is 0 Å². The van der Waals surface area contributed by atoms with Crippen LogP contribution in [0, 0.1) is 5.82 Å². The first-order valence-corrected chi connectivity index (χ1v) is 6.19. The molecule has 0 saturated heterocycles. The first-order valence-electron chi connectivity index (χ1n) is 5.82. The zero-order chi connectivity index (χ0) is 13.6. The number of benzene rings is 1. The molecule has 1 amide bonds. The number of nitrogens with two attached hydrogens (primary N) is 1. The Morgan fingerprint density at radius 3 is 2.56 bits per heavy atom. The molecular formula is C13H16ClFN2O. The van der Waals surface area contributed by atoms with Crippen molar-refractivity contribution >= 4 is 17.5 Å². The molecular weight excluding hydrogens is 255 g/mol. The summed E-state index contributed by atoms with van der Waals surface area (Å²) in [4.78, 5) is 11.9. The number of rotatable bonds is 3. The van der Waals surface area contributed by atoms with Crippen molar-refractivity contribution < 1.29 is 9.18 Å². The van der Waals surface area contributed by atoms with Crippen molar-refractivity contribution in [3.8, 4) is 0 Å². The van der Waals surface area contributed by atoms with Crippen molar-refractivity contribution in [2.75, 3.05) is 0 Å². The van der Waals surface area contributed by atoms with Crippen LogP contribution in [0.2, 0.25) is 5.02 Å². The van der Waals surface area contributed by atoms with Gasteiger partial charge in [0, 0.05) is 10.6 Å². The van der Waals surface area contributed by atoms with Crippen LogP contribution in [0.15, 0.2) is 18.2 Å². The first kappa shape index (κ1) is 13.3. The summed E-state index contributed by atoms with van der Waals surface area (Å²) in [5.74, 6) is -0.676. The Morgan fingerprint density at radius 1 is 1.50 bits per heavy atom. The van der Waals surface area contributed by atoms with Gasteiger partial charge >= 0.3 is 0 Å². The van der Waals surface area contributed by atoms with Crippen molar-refractivity contribution in [2.24, 2.45) is 5.73 Å². The summed E-state index contributed by atoms with van der Waals surface area (Å²) < 4.78 is 13.9. The molecule has 0 atom stereocenters. The SMILES string of the molecule is CC(C)(N)C(=O)NC1(c2ccc(Cl)cc2F)CC1. The molecule has 0 unspecified atom stereocenters. The van der Waals surface area contributed by atoms with Crippen molar-refractivity contribution in [1.82, 2.24) is 5.32 Å². The van der Waals surface area contributed by atoms with Crippen LogP contribution in [0.3, 0.4) is 0 Å². The van der Waals surface area contributed by atoms with Gasteiger partial charge in [0.2, 0.25) is 5.91 Å². The highest BCUT2D eigenvalue weighted by atomic mass is 35.5. The minimum absolute atomic E-state index is 0.283. The van der Waals surface area contributed by atoms with E-state index in [4.69, 9.17) is 17.3 Å². The maximum atomic E-state index is 13.9. The molecule has 0 aromatic heterocycles. The van der Waals surface area contributed by atoms with Gasteiger partial charge in [0.05, 0.1) is 11.1 Å². The minimum atomic E-state index is -0.974. The predicted octanol–water partition coefficient (Wildman–Crippen LogP) is 2.32. The van der Waals surface area contributed by atoms with Crippen molar-refractivity contribution in [1.29, 1.82) is 0 Å². The largest absolute Gasteiger partial charge is 0.345 e. The second-order valence-electron chi connectivity index (χ2n) is 5.38. The standard InChI is InChI=1S/C13H16ClFN2O/c1-12(2,16)11(18)17-13(5-6-13)9-4-3-8(14)7-10(9)15/h3-4,7H,5-6,16H2,1-2H3,(H,17,18). The minimum Gasteiger partial charge on any atom is -0.345 e. The van der Waals surface area contributed by atoms with E-state index in [2.05, 4.69) is 5.32 Å². The monoisotopic (exact) mass is 270 g/mol. The Bertz CT molecular complexity index is 492. The molecule has 0 bridgehead atoms. The molecule has 98 valence electrons. The normalized spacial score (nSPS) is 17.4. The van der Waals surface area contributed by atoms with E-state index in [1.54, 1.807) is 26.0 Å². The molecule has 0 heterocycles. The fourth-order valence-electron chi connectivity index (χ4n) is 1.84. The van der Waals surface area contributed by atoms with Crippen molar-refractivity contribution in [2.45, 2.75) is 37.8 Å². The summed E-state index contributed by atoms with van der Waals surface area (Å²) in [6.45, 7) is 3.24. The third kappa shape index (κ3) is 2.49. The van der Waals surface area contributed by atoms with Gasteiger partial charge in [-0.3, -0.25) is 4.79 Å². The summed E-state index contributed by atoms with van der Waals surface area (Å²) in [5.41, 5.74) is 4.62. The lowest BCUT2D eigenvalue weighted by molar-refractivity contribution is -0.126. The number of carbonyl (C=O) groups excluding carboxylic acids is 1. The van der Waals surface area contributed by atoms with Gasteiger partial charge in [0.15, 0.2) is 0 Å². The third-order valence-corrected chi connectivity index (χ3v) is 3.37. The highest BCUT2D eigenvalue weighted by Gasteiger charge is 2.48. The number of hydrogen-bond acceptors (Lipinski definition) is 2. The van der Waals surface area contributed by atoms with Gasteiger partial charge in [-0.2, -0.15) is 0 Å². The molecule has 3 nitrogen and oxygen atoms in total. The van der Waals surface area contributed by atoms with Gasteiger partial charge in [-0.25, -0.2) is 4.39 Å². The second kappa shape index (κ2) is 4.21. The maximum Gasteiger partial charge on any atom is 0.240 e. The lowest BCUT2D eigenvalue weighted by Gasteiger charge is -2.24. The van der Waals surface area contributed by atoms with E-state index >= 15 is 0 Å². The molecule has 1 saturated carbocycles. The van der Waals surface area contributed by atoms with E-state index in [9.17, 15) is 9.18 Å². The van der Waals surface area contributed by atoms with Gasteiger partial charge in [0.25, 0.3) is 0 Å². The molecule has 18 heavy (non-hydrogen) atoms. The molecule has 1 aromatic rings. The number of nitrogens with one attached hydrogen (secondary N) is 1. The molecule has 5 heteroatoms. The average molecular weight is 271 g/mol. The number of hydrogen-bond donors (Lipinski definition) is 2. The molecule has 3 N–H and O–H groups in total. The lowest BCUT2D eigenvalue weighted by atomic mass is 10.0. The number of halogens is 2. The maximum absolute atomic E-state index is 13.9. The summed E-state index contributed by atoms with van der Waals surface area (Å²) in [6, 6.07) is 4.50. The Morgan fingerprint density at radius 2 is 2.11 bits per heavy atom. The zero-order valence-electron chi connectivity index (χ0n) is 10.4. The number of amides is 1. The van der Waals surface area contributed by atoms with Gasteiger partial charge < -0.3 is 11.1 Å². The van der Waals surface area contributed by atoms with Crippen LogP contribution in [0.5, 0.6) is 0 Å². The smallest absolute Gasteiger partial charge is 0.240 e. The molecule has 1 fully saturated rings. The van der Waals surface area contributed by atoms with E-state index in [-0.39, 0.29) is 5.91 Å². The van der Waals surface area contributed by atoms with Crippen LogP contribution in [0.4, 0.5) is 4.39 Å². The van der Waals surface area contributed by atoms with Crippen LogP contribution in [-0.4, -0.2) is 11.4 Å². The topological polar surface area (TPSA) is 55.1 Å². The zero-order valence-corrected chi connectivity index (χ0v) is 11.1. The van der Waals surface area contributed by atoms with Gasteiger partial charge in [-0.1, -0.05) is 17.7 Å². The van der Waals surface area contributed by atoms with E-state index in [0.29, 0.717) is 23.4 Å². The lowest BCUT2D eigenvalue weighted by Crippen LogP contribution is -2.52. The third-order valence-electron chi connectivity index (χ3n) is 3.13. The highest BCUT2D eigenvalue weighted by molar-refractivity contribution is 6.30. The average Bonchev–Trinajstić information content (AvgIpc) is 2.96. The van der Waals surface area contributed by atoms with Crippen molar-refractivity contribution in [3.63, 3.8) is 0 Å². The Labute approximate surface area is 111 Å². The molecule has 2 rings (SSSR count). The summed E-state index contributed by atoms with van der Waals surface area (Å²) in [7, 11) is 0. The first-order chi connectivity index (χ1) is 8.24. The summed E-state index contributed by atoms with van der Waals surface area (Å²) in [6.07, 6.45) is 1.43.